The maximum absolute atomic E-state index is 13.3. The fraction of sp³-hybridized carbons (Fsp3) is 0.269. The number of non-ortho nitro benzene ring substituents is 1. The minimum absolute atomic E-state index is 0.124. The van der Waals surface area contributed by atoms with Gasteiger partial charge in [-0.3, -0.25) is 34.4 Å². The molecule has 1 aromatic heterocycles. The topological polar surface area (TPSA) is 163 Å². The fourth-order valence-corrected chi connectivity index (χ4v) is 3.63. The molecule has 1 unspecified atom stereocenters. The van der Waals surface area contributed by atoms with Crippen LogP contribution in [0.15, 0.2) is 65.6 Å². The molecular formula is C26H24F3N5O7. The van der Waals surface area contributed by atoms with Crippen molar-refractivity contribution in [2.45, 2.75) is 39.2 Å². The highest BCUT2D eigenvalue weighted by molar-refractivity contribution is 5.93. The summed E-state index contributed by atoms with van der Waals surface area (Å²) < 4.78 is 45.0. The number of nitro groups is 1. The number of hydrogen-bond donors (Lipinski definition) is 2. The number of benzene rings is 2. The van der Waals surface area contributed by atoms with Gasteiger partial charge in [-0.1, -0.05) is 44.2 Å². The Morgan fingerprint density at radius 1 is 1.07 bits per heavy atom. The van der Waals surface area contributed by atoms with Crippen LogP contribution in [0, 0.1) is 16.0 Å². The van der Waals surface area contributed by atoms with Gasteiger partial charge in [-0.15, -0.1) is 0 Å². The lowest BCUT2D eigenvalue weighted by atomic mass is 9.99. The van der Waals surface area contributed by atoms with Crippen molar-refractivity contribution in [3.05, 3.63) is 86.8 Å². The van der Waals surface area contributed by atoms with Gasteiger partial charge in [0.25, 0.3) is 17.0 Å². The first kappa shape index (κ1) is 30.5. The van der Waals surface area contributed by atoms with E-state index in [4.69, 9.17) is 4.74 Å². The number of alkyl halides is 3. The van der Waals surface area contributed by atoms with Crippen molar-refractivity contribution in [2.24, 2.45) is 5.92 Å². The molecule has 41 heavy (non-hydrogen) atoms. The standard InChI is InChI=1S/C26H24F3N5O7/c1-15(2)21(22(36)26(27,28)29)32-20(35)13-33-23(17-8-10-18(11-9-17)34(39)40)30-12-19(24(33)37)31-25(38)41-14-16-6-4-3-5-7-16/h3-12,15,21H,13-14H2,1-2H3,(H,31,38)(H,32,35). The number of rotatable bonds is 10. The Bertz CT molecular complexity index is 1490. The minimum Gasteiger partial charge on any atom is -0.444 e. The normalized spacial score (nSPS) is 12.0. The smallest absolute Gasteiger partial charge is 0.444 e. The molecule has 15 heteroatoms. The van der Waals surface area contributed by atoms with Gasteiger partial charge in [0.2, 0.25) is 5.91 Å². The zero-order valence-corrected chi connectivity index (χ0v) is 21.7. The molecule has 216 valence electrons. The molecule has 0 radical (unpaired) electrons. The average Bonchev–Trinajstić information content (AvgIpc) is 2.92. The summed E-state index contributed by atoms with van der Waals surface area (Å²) in [5.41, 5.74) is -0.871. The summed E-state index contributed by atoms with van der Waals surface area (Å²) in [7, 11) is 0. The van der Waals surface area contributed by atoms with Gasteiger partial charge in [-0.25, -0.2) is 9.78 Å². The van der Waals surface area contributed by atoms with Gasteiger partial charge in [0.05, 0.1) is 17.2 Å². The molecule has 2 amide bonds. The molecule has 3 rings (SSSR count). The summed E-state index contributed by atoms with van der Waals surface area (Å²) >= 11 is 0. The molecule has 0 saturated carbocycles. The highest BCUT2D eigenvalue weighted by Gasteiger charge is 2.45. The molecule has 0 aliphatic carbocycles. The average molecular weight is 576 g/mol. The molecule has 2 N–H and O–H groups in total. The summed E-state index contributed by atoms with van der Waals surface area (Å²) in [4.78, 5) is 64.7. The summed E-state index contributed by atoms with van der Waals surface area (Å²) in [6.45, 7) is 1.58. The van der Waals surface area contributed by atoms with Crippen LogP contribution < -0.4 is 16.2 Å². The first-order valence-corrected chi connectivity index (χ1v) is 12.0. The number of nitrogens with zero attached hydrogens (tertiary/aromatic N) is 3. The van der Waals surface area contributed by atoms with Crippen LogP contribution in [-0.4, -0.2) is 44.5 Å². The van der Waals surface area contributed by atoms with Gasteiger partial charge in [-0.2, -0.15) is 13.2 Å². The number of amides is 2. The van der Waals surface area contributed by atoms with E-state index >= 15 is 0 Å². The third-order valence-electron chi connectivity index (χ3n) is 5.68. The Morgan fingerprint density at radius 3 is 2.27 bits per heavy atom. The van der Waals surface area contributed by atoms with E-state index < -0.39 is 58.6 Å². The van der Waals surface area contributed by atoms with Gasteiger partial charge in [0.1, 0.15) is 24.7 Å². The number of anilines is 1. The zero-order valence-electron chi connectivity index (χ0n) is 21.7. The van der Waals surface area contributed by atoms with Crippen molar-refractivity contribution in [1.29, 1.82) is 0 Å². The number of carbonyl (C=O) groups is 3. The van der Waals surface area contributed by atoms with E-state index in [9.17, 15) is 42.5 Å². The maximum Gasteiger partial charge on any atom is 0.452 e. The van der Waals surface area contributed by atoms with E-state index in [1.54, 1.807) is 30.3 Å². The zero-order chi connectivity index (χ0) is 30.3. The van der Waals surface area contributed by atoms with Crippen LogP contribution in [0.25, 0.3) is 11.4 Å². The largest absolute Gasteiger partial charge is 0.452 e. The maximum atomic E-state index is 13.3. The van der Waals surface area contributed by atoms with E-state index in [-0.39, 0.29) is 23.7 Å². The van der Waals surface area contributed by atoms with Crippen LogP contribution in [0.2, 0.25) is 0 Å². The van der Waals surface area contributed by atoms with Crippen LogP contribution in [0.1, 0.15) is 19.4 Å². The number of ketones is 1. The lowest BCUT2D eigenvalue weighted by molar-refractivity contribution is -0.384. The van der Waals surface area contributed by atoms with Gasteiger partial charge in [0.15, 0.2) is 0 Å². The molecule has 1 heterocycles. The number of Topliss-reactive ketones (excluding diaryl/α,β-unsaturated/α-hetero) is 1. The summed E-state index contributed by atoms with van der Waals surface area (Å²) in [5.74, 6) is -4.42. The Balaban J connectivity index is 1.93. The summed E-state index contributed by atoms with van der Waals surface area (Å²) in [5, 5.41) is 15.2. The molecule has 0 spiro atoms. The van der Waals surface area contributed by atoms with Crippen molar-refractivity contribution in [1.82, 2.24) is 14.9 Å². The third-order valence-corrected chi connectivity index (χ3v) is 5.68. The second-order valence-electron chi connectivity index (χ2n) is 9.03. The molecule has 0 aliphatic heterocycles. The SMILES string of the molecule is CC(C)C(NC(=O)Cn1c(-c2ccc([N+](=O)[O-])cc2)ncc(NC(=O)OCc2ccccc2)c1=O)C(=O)C(F)(F)F. The quantitative estimate of drug-likeness (QED) is 0.272. The molecule has 0 saturated heterocycles. The van der Waals surface area contributed by atoms with E-state index in [2.05, 4.69) is 10.3 Å². The molecule has 3 aromatic rings. The second kappa shape index (κ2) is 12.8. The monoisotopic (exact) mass is 575 g/mol. The molecule has 2 aromatic carbocycles. The van der Waals surface area contributed by atoms with Gasteiger partial charge < -0.3 is 10.1 Å². The summed E-state index contributed by atoms with van der Waals surface area (Å²) in [6.07, 6.45) is -5.27. The Hall–Kier alpha value is -5.08. The summed E-state index contributed by atoms with van der Waals surface area (Å²) in [6, 6.07) is 11.4. The number of nitrogens with one attached hydrogen (secondary N) is 2. The number of hydrogen-bond acceptors (Lipinski definition) is 8. The molecular weight excluding hydrogens is 551 g/mol. The van der Waals surface area contributed by atoms with Crippen LogP contribution in [0.5, 0.6) is 0 Å². The number of aromatic nitrogens is 2. The van der Waals surface area contributed by atoms with Gasteiger partial charge >= 0.3 is 12.3 Å². The minimum atomic E-state index is -5.21. The van der Waals surface area contributed by atoms with Crippen molar-refractivity contribution in [2.75, 3.05) is 5.32 Å². The van der Waals surface area contributed by atoms with Crippen LogP contribution >= 0.6 is 0 Å². The Labute approximate surface area is 230 Å². The van der Waals surface area contributed by atoms with Crippen LogP contribution in [0.4, 0.5) is 29.3 Å². The molecule has 0 bridgehead atoms. The number of ether oxygens (including phenoxy) is 1. The van der Waals surface area contributed by atoms with Crippen molar-refractivity contribution >= 4 is 29.2 Å². The molecule has 1 atom stereocenters. The van der Waals surface area contributed by atoms with Gasteiger partial charge in [0, 0.05) is 17.7 Å². The van der Waals surface area contributed by atoms with Crippen LogP contribution in [0.3, 0.4) is 0 Å². The lowest BCUT2D eigenvalue weighted by Gasteiger charge is -2.23. The van der Waals surface area contributed by atoms with E-state index in [0.29, 0.717) is 5.56 Å². The van der Waals surface area contributed by atoms with Gasteiger partial charge in [-0.05, 0) is 23.6 Å². The fourth-order valence-electron chi connectivity index (χ4n) is 3.63. The predicted octanol–water partition coefficient (Wildman–Crippen LogP) is 3.84. The van der Waals surface area contributed by atoms with Crippen molar-refractivity contribution < 1.29 is 37.2 Å². The van der Waals surface area contributed by atoms with Crippen molar-refractivity contribution in [3.63, 3.8) is 0 Å². The number of carbonyl (C=O) groups excluding carboxylic acids is 3. The molecule has 0 fully saturated rings. The third kappa shape index (κ3) is 7.97. The lowest BCUT2D eigenvalue weighted by Crippen LogP contribution is -2.51. The van der Waals surface area contributed by atoms with Crippen molar-refractivity contribution in [3.8, 4) is 11.4 Å². The highest BCUT2D eigenvalue weighted by atomic mass is 19.4. The first-order valence-electron chi connectivity index (χ1n) is 12.0. The second-order valence-corrected chi connectivity index (χ2v) is 9.03. The van der Waals surface area contributed by atoms with E-state index in [0.717, 1.165) is 22.9 Å². The van der Waals surface area contributed by atoms with E-state index in [1.165, 1.54) is 26.0 Å². The Morgan fingerprint density at radius 2 is 1.71 bits per heavy atom. The molecule has 0 aliphatic rings. The Kier molecular flexibility index (Phi) is 9.55. The highest BCUT2D eigenvalue weighted by Crippen LogP contribution is 2.23. The van der Waals surface area contributed by atoms with Crippen LogP contribution in [-0.2, 0) is 27.5 Å². The first-order chi connectivity index (χ1) is 19.3. The molecule has 12 nitrogen and oxygen atoms in total. The van der Waals surface area contributed by atoms with E-state index in [1.807, 2.05) is 5.32 Å². The number of nitro benzene ring substituents is 1. The number of halogens is 3. The predicted molar refractivity (Wildman–Crippen MR) is 139 cm³/mol.